The molecule has 4 heteroatoms. The van der Waals surface area contributed by atoms with Gasteiger partial charge in [-0.15, -0.1) is 0 Å². The molecule has 1 unspecified atom stereocenters. The first-order chi connectivity index (χ1) is 8.76. The van der Waals surface area contributed by atoms with Crippen LogP contribution in [0.5, 0.6) is 0 Å². The highest BCUT2D eigenvalue weighted by atomic mass is 19.1. The molecule has 0 bridgehead atoms. The third-order valence-electron chi connectivity index (χ3n) is 3.60. The first-order valence-corrected chi connectivity index (χ1v) is 6.38. The molecule has 18 heavy (non-hydrogen) atoms. The maximum Gasteiger partial charge on any atom is 0.127 e. The van der Waals surface area contributed by atoms with E-state index in [0.29, 0.717) is 18.7 Å². The van der Waals surface area contributed by atoms with E-state index in [1.165, 1.54) is 6.07 Å². The predicted octanol–water partition coefficient (Wildman–Crippen LogP) is 1.70. The normalized spacial score (nSPS) is 23.4. The average Bonchev–Trinajstić information content (AvgIpc) is 2.81. The molecule has 0 aromatic heterocycles. The lowest BCUT2D eigenvalue weighted by atomic mass is 9.84. The second-order valence-electron chi connectivity index (χ2n) is 4.97. The van der Waals surface area contributed by atoms with Crippen molar-refractivity contribution >= 4 is 0 Å². The number of rotatable bonds is 6. The van der Waals surface area contributed by atoms with Gasteiger partial charge in [0.05, 0.1) is 6.61 Å². The fraction of sp³-hybridized carbons (Fsp3) is 0.571. The minimum atomic E-state index is -0.177. The van der Waals surface area contributed by atoms with Gasteiger partial charge in [0.25, 0.3) is 0 Å². The Kier molecular flexibility index (Phi) is 4.69. The number of hydrogen-bond donors (Lipinski definition) is 2. The van der Waals surface area contributed by atoms with E-state index in [4.69, 9.17) is 9.84 Å². The monoisotopic (exact) mass is 253 g/mol. The Balaban J connectivity index is 1.85. The van der Waals surface area contributed by atoms with E-state index in [2.05, 4.69) is 5.32 Å². The summed E-state index contributed by atoms with van der Waals surface area (Å²) in [6, 6.07) is 6.78. The van der Waals surface area contributed by atoms with Crippen molar-refractivity contribution in [1.82, 2.24) is 5.32 Å². The van der Waals surface area contributed by atoms with Crippen molar-refractivity contribution in [2.45, 2.75) is 19.4 Å². The van der Waals surface area contributed by atoms with Gasteiger partial charge in [0.15, 0.2) is 0 Å². The minimum absolute atomic E-state index is 0.0139. The van der Waals surface area contributed by atoms with Crippen LogP contribution in [0.3, 0.4) is 0 Å². The van der Waals surface area contributed by atoms with Crippen molar-refractivity contribution in [3.8, 4) is 0 Å². The van der Waals surface area contributed by atoms with Gasteiger partial charge in [0.1, 0.15) is 5.82 Å². The van der Waals surface area contributed by atoms with Crippen LogP contribution in [0.4, 0.5) is 4.39 Å². The summed E-state index contributed by atoms with van der Waals surface area (Å²) in [5, 5.41) is 12.4. The lowest BCUT2D eigenvalue weighted by molar-refractivity contribution is 0.124. The lowest BCUT2D eigenvalue weighted by Gasteiger charge is -2.26. The van der Waals surface area contributed by atoms with Crippen LogP contribution in [0.15, 0.2) is 24.3 Å². The fourth-order valence-electron chi connectivity index (χ4n) is 2.42. The summed E-state index contributed by atoms with van der Waals surface area (Å²) < 4.78 is 18.8. The van der Waals surface area contributed by atoms with E-state index in [1.807, 2.05) is 6.07 Å². The predicted molar refractivity (Wildman–Crippen MR) is 67.7 cm³/mol. The van der Waals surface area contributed by atoms with Crippen molar-refractivity contribution in [1.29, 1.82) is 0 Å². The number of ether oxygens (including phenoxy) is 1. The summed E-state index contributed by atoms with van der Waals surface area (Å²) in [6.45, 7) is 2.87. The van der Waals surface area contributed by atoms with E-state index in [1.54, 1.807) is 12.1 Å². The molecule has 0 aliphatic carbocycles. The summed E-state index contributed by atoms with van der Waals surface area (Å²) >= 11 is 0. The van der Waals surface area contributed by atoms with Crippen molar-refractivity contribution in [2.75, 3.05) is 26.4 Å². The molecule has 1 atom stereocenters. The molecule has 1 aliphatic heterocycles. The van der Waals surface area contributed by atoms with Gasteiger partial charge in [0, 0.05) is 37.3 Å². The molecule has 1 aromatic carbocycles. The van der Waals surface area contributed by atoms with Crippen LogP contribution in [0.1, 0.15) is 18.4 Å². The SMILES string of the molecule is OCCC1(CNCc2ccccc2F)CCOC1. The van der Waals surface area contributed by atoms with Gasteiger partial charge >= 0.3 is 0 Å². The molecular formula is C14H20FNO2. The molecule has 1 heterocycles. The number of aliphatic hydroxyl groups is 1. The third-order valence-corrected chi connectivity index (χ3v) is 3.60. The Bertz CT molecular complexity index is 378. The Morgan fingerprint density at radius 3 is 2.89 bits per heavy atom. The van der Waals surface area contributed by atoms with E-state index < -0.39 is 0 Å². The second kappa shape index (κ2) is 6.27. The molecular weight excluding hydrogens is 233 g/mol. The molecule has 0 amide bonds. The Labute approximate surface area is 107 Å². The second-order valence-corrected chi connectivity index (χ2v) is 4.97. The van der Waals surface area contributed by atoms with Gasteiger partial charge in [0.2, 0.25) is 0 Å². The molecule has 1 aliphatic rings. The summed E-state index contributed by atoms with van der Waals surface area (Å²) in [4.78, 5) is 0. The van der Waals surface area contributed by atoms with Crippen LogP contribution < -0.4 is 5.32 Å². The van der Waals surface area contributed by atoms with Crippen molar-refractivity contribution in [3.05, 3.63) is 35.6 Å². The number of nitrogens with one attached hydrogen (secondary N) is 1. The summed E-state index contributed by atoms with van der Waals surface area (Å²) in [6.07, 6.45) is 1.69. The lowest BCUT2D eigenvalue weighted by Crippen LogP contribution is -2.35. The molecule has 0 radical (unpaired) electrons. The van der Waals surface area contributed by atoms with Crippen LogP contribution >= 0.6 is 0 Å². The van der Waals surface area contributed by atoms with Crippen LogP contribution in [-0.4, -0.2) is 31.5 Å². The number of hydrogen-bond acceptors (Lipinski definition) is 3. The first kappa shape index (κ1) is 13.5. The van der Waals surface area contributed by atoms with Crippen molar-refractivity contribution < 1.29 is 14.2 Å². The minimum Gasteiger partial charge on any atom is -0.396 e. The largest absolute Gasteiger partial charge is 0.396 e. The summed E-state index contributed by atoms with van der Waals surface area (Å²) in [5.74, 6) is -0.177. The molecule has 0 saturated carbocycles. The maximum atomic E-state index is 13.4. The van der Waals surface area contributed by atoms with E-state index >= 15 is 0 Å². The van der Waals surface area contributed by atoms with Gasteiger partial charge in [-0.1, -0.05) is 18.2 Å². The zero-order chi connectivity index (χ0) is 12.8. The van der Waals surface area contributed by atoms with Gasteiger partial charge in [-0.2, -0.15) is 0 Å². The van der Waals surface area contributed by atoms with E-state index in [9.17, 15) is 4.39 Å². The summed E-state index contributed by atoms with van der Waals surface area (Å²) in [5.41, 5.74) is 0.690. The average molecular weight is 253 g/mol. The van der Waals surface area contributed by atoms with Crippen molar-refractivity contribution in [3.63, 3.8) is 0 Å². The Morgan fingerprint density at radius 1 is 1.39 bits per heavy atom. The molecule has 2 rings (SSSR count). The van der Waals surface area contributed by atoms with Gasteiger partial charge < -0.3 is 15.2 Å². The molecule has 1 saturated heterocycles. The quantitative estimate of drug-likeness (QED) is 0.811. The highest BCUT2D eigenvalue weighted by molar-refractivity contribution is 5.16. The van der Waals surface area contributed by atoms with Gasteiger partial charge in [-0.25, -0.2) is 4.39 Å². The molecule has 2 N–H and O–H groups in total. The fourth-order valence-corrected chi connectivity index (χ4v) is 2.42. The van der Waals surface area contributed by atoms with E-state index in [-0.39, 0.29) is 17.8 Å². The smallest absolute Gasteiger partial charge is 0.127 e. The van der Waals surface area contributed by atoms with Crippen LogP contribution in [0.2, 0.25) is 0 Å². The Hall–Kier alpha value is -0.970. The highest BCUT2D eigenvalue weighted by Crippen LogP contribution is 2.31. The topological polar surface area (TPSA) is 41.5 Å². The molecule has 1 aromatic rings. The molecule has 100 valence electrons. The van der Waals surface area contributed by atoms with Gasteiger partial charge in [-0.3, -0.25) is 0 Å². The highest BCUT2D eigenvalue weighted by Gasteiger charge is 2.33. The molecule has 3 nitrogen and oxygen atoms in total. The van der Waals surface area contributed by atoms with Crippen LogP contribution in [-0.2, 0) is 11.3 Å². The number of halogens is 1. The molecule has 1 fully saturated rings. The van der Waals surface area contributed by atoms with Crippen LogP contribution in [0.25, 0.3) is 0 Å². The zero-order valence-corrected chi connectivity index (χ0v) is 10.5. The van der Waals surface area contributed by atoms with Crippen molar-refractivity contribution in [2.24, 2.45) is 5.41 Å². The zero-order valence-electron chi connectivity index (χ0n) is 10.5. The number of aliphatic hydroxyl groups excluding tert-OH is 1. The Morgan fingerprint density at radius 2 is 2.22 bits per heavy atom. The molecule has 0 spiro atoms. The first-order valence-electron chi connectivity index (χ1n) is 6.38. The maximum absolute atomic E-state index is 13.4. The standard InChI is InChI=1S/C14H20FNO2/c15-13-4-2-1-3-12(13)9-16-10-14(5-7-17)6-8-18-11-14/h1-4,16-17H,5-11H2. The third kappa shape index (κ3) is 3.28. The summed E-state index contributed by atoms with van der Waals surface area (Å²) in [7, 11) is 0. The van der Waals surface area contributed by atoms with E-state index in [0.717, 1.165) is 26.0 Å². The number of benzene rings is 1. The van der Waals surface area contributed by atoms with Crippen LogP contribution in [0, 0.1) is 11.2 Å². The van der Waals surface area contributed by atoms with Gasteiger partial charge in [-0.05, 0) is 18.9 Å².